The van der Waals surface area contributed by atoms with Crippen molar-refractivity contribution in [2.24, 2.45) is 11.8 Å². The summed E-state index contributed by atoms with van der Waals surface area (Å²) in [4.78, 5) is 11.0. The van der Waals surface area contributed by atoms with Crippen LogP contribution in [0.4, 0.5) is 0 Å². The summed E-state index contributed by atoms with van der Waals surface area (Å²) in [6, 6.07) is 0. The molecule has 0 bridgehead atoms. The summed E-state index contributed by atoms with van der Waals surface area (Å²) < 4.78 is 10.3. The quantitative estimate of drug-likeness (QED) is 0.528. The molecule has 1 saturated carbocycles. The number of epoxide rings is 1. The highest BCUT2D eigenvalue weighted by atomic mass is 16.6. The molecule has 4 unspecified atom stereocenters. The van der Waals surface area contributed by atoms with E-state index in [9.17, 15) is 15.0 Å². The summed E-state index contributed by atoms with van der Waals surface area (Å²) in [6.45, 7) is -0.216. The molecular formula is C10H12O6. The van der Waals surface area contributed by atoms with Gasteiger partial charge >= 0.3 is 5.97 Å². The lowest BCUT2D eigenvalue weighted by atomic mass is 9.82. The summed E-state index contributed by atoms with van der Waals surface area (Å²) in [5.74, 6) is -1.83. The highest BCUT2D eigenvalue weighted by molar-refractivity contribution is 5.87. The lowest BCUT2D eigenvalue weighted by Crippen LogP contribution is -2.43. The topological polar surface area (TPSA) is 99.5 Å². The van der Waals surface area contributed by atoms with E-state index < -0.39 is 23.8 Å². The minimum atomic E-state index is -1.10. The molecule has 1 saturated heterocycles. The number of aliphatic hydroxyl groups is 2. The van der Waals surface area contributed by atoms with Gasteiger partial charge in [-0.05, 0) is 6.42 Å². The Morgan fingerprint density at radius 2 is 2.38 bits per heavy atom. The van der Waals surface area contributed by atoms with Crippen LogP contribution in [0.3, 0.4) is 0 Å². The highest BCUT2D eigenvalue weighted by Crippen LogP contribution is 2.60. The van der Waals surface area contributed by atoms with Crippen molar-refractivity contribution < 1.29 is 29.6 Å². The number of hydrogen-bond donors (Lipinski definition) is 3. The Kier molecular flexibility index (Phi) is 1.87. The third-order valence-corrected chi connectivity index (χ3v) is 3.85. The van der Waals surface area contributed by atoms with Crippen molar-refractivity contribution in [1.82, 2.24) is 0 Å². The number of aliphatic hydroxyl groups excluding tert-OH is 2. The van der Waals surface area contributed by atoms with E-state index in [0.717, 1.165) is 6.26 Å². The van der Waals surface area contributed by atoms with Crippen molar-refractivity contribution in [2.45, 2.75) is 24.4 Å². The second kappa shape index (κ2) is 2.97. The van der Waals surface area contributed by atoms with Crippen molar-refractivity contribution in [3.63, 3.8) is 0 Å². The van der Waals surface area contributed by atoms with Gasteiger partial charge in [-0.25, -0.2) is 4.79 Å². The van der Waals surface area contributed by atoms with Crippen LogP contribution in [0.1, 0.15) is 6.42 Å². The fraction of sp³-hybridized carbons (Fsp3) is 0.700. The van der Waals surface area contributed by atoms with Crippen LogP contribution in [0.5, 0.6) is 0 Å². The molecule has 0 aromatic rings. The SMILES string of the molecule is O=C(O)C1=COC(O)[C@H]2C1CC1OC12CO. The normalized spacial score (nSPS) is 48.8. The standard InChI is InChI=1S/C10H12O6/c11-3-10-6(16-10)1-4-5(8(12)13)2-15-9(14)7(4)10/h2,4,6-7,9,11,14H,1,3H2,(H,12,13)/t4?,6?,7-,9?,10?/m1/s1. The molecule has 1 aliphatic carbocycles. The molecule has 16 heavy (non-hydrogen) atoms. The average molecular weight is 228 g/mol. The van der Waals surface area contributed by atoms with Gasteiger partial charge in [0.25, 0.3) is 0 Å². The molecule has 0 radical (unpaired) electrons. The van der Waals surface area contributed by atoms with Gasteiger partial charge in [-0.15, -0.1) is 0 Å². The lowest BCUT2D eigenvalue weighted by Gasteiger charge is -2.33. The van der Waals surface area contributed by atoms with E-state index in [-0.39, 0.29) is 24.2 Å². The van der Waals surface area contributed by atoms with Gasteiger partial charge < -0.3 is 24.8 Å². The second-order valence-corrected chi connectivity index (χ2v) is 4.49. The van der Waals surface area contributed by atoms with E-state index in [0.29, 0.717) is 6.42 Å². The number of hydrogen-bond acceptors (Lipinski definition) is 5. The number of aliphatic carboxylic acids is 1. The zero-order chi connectivity index (χ0) is 11.5. The van der Waals surface area contributed by atoms with Gasteiger partial charge in [0, 0.05) is 5.92 Å². The summed E-state index contributed by atoms with van der Waals surface area (Å²) in [5.41, 5.74) is -0.641. The molecule has 3 rings (SSSR count). The van der Waals surface area contributed by atoms with Gasteiger partial charge in [0.2, 0.25) is 6.29 Å². The zero-order valence-corrected chi connectivity index (χ0v) is 8.37. The van der Waals surface area contributed by atoms with Gasteiger partial charge in [0.05, 0.1) is 30.5 Å². The Bertz CT molecular complexity index is 374. The zero-order valence-electron chi connectivity index (χ0n) is 8.37. The van der Waals surface area contributed by atoms with Crippen LogP contribution >= 0.6 is 0 Å². The van der Waals surface area contributed by atoms with Crippen LogP contribution in [0.15, 0.2) is 11.8 Å². The number of rotatable bonds is 2. The maximum Gasteiger partial charge on any atom is 0.334 e. The first-order valence-corrected chi connectivity index (χ1v) is 5.15. The molecule has 0 amide bonds. The smallest absolute Gasteiger partial charge is 0.334 e. The van der Waals surface area contributed by atoms with Crippen LogP contribution in [-0.2, 0) is 14.3 Å². The fourth-order valence-corrected chi connectivity index (χ4v) is 3.02. The van der Waals surface area contributed by atoms with Crippen LogP contribution in [0, 0.1) is 11.8 Å². The monoisotopic (exact) mass is 228 g/mol. The maximum absolute atomic E-state index is 11.0. The van der Waals surface area contributed by atoms with E-state index in [4.69, 9.17) is 14.6 Å². The molecular weight excluding hydrogens is 216 g/mol. The van der Waals surface area contributed by atoms with Gasteiger partial charge in [-0.3, -0.25) is 0 Å². The van der Waals surface area contributed by atoms with Crippen molar-refractivity contribution in [2.75, 3.05) is 6.61 Å². The third-order valence-electron chi connectivity index (χ3n) is 3.85. The van der Waals surface area contributed by atoms with Crippen molar-refractivity contribution in [1.29, 1.82) is 0 Å². The summed E-state index contributed by atoms with van der Waals surface area (Å²) >= 11 is 0. The first-order valence-electron chi connectivity index (χ1n) is 5.15. The molecule has 2 heterocycles. The number of carboxylic acids is 1. The molecule has 0 aromatic heterocycles. The van der Waals surface area contributed by atoms with Crippen molar-refractivity contribution in [3.8, 4) is 0 Å². The fourth-order valence-electron chi connectivity index (χ4n) is 3.02. The van der Waals surface area contributed by atoms with Crippen LogP contribution in [-0.4, -0.2) is 45.9 Å². The van der Waals surface area contributed by atoms with Crippen LogP contribution in [0.2, 0.25) is 0 Å². The first-order chi connectivity index (χ1) is 7.60. The number of carbonyl (C=O) groups is 1. The van der Waals surface area contributed by atoms with Crippen LogP contribution < -0.4 is 0 Å². The molecule has 0 spiro atoms. The van der Waals surface area contributed by atoms with E-state index in [1.165, 1.54) is 0 Å². The van der Waals surface area contributed by atoms with Gasteiger partial charge in [0.15, 0.2) is 0 Å². The molecule has 3 aliphatic rings. The minimum absolute atomic E-state index is 0.152. The van der Waals surface area contributed by atoms with Gasteiger partial charge in [-0.2, -0.15) is 0 Å². The molecule has 88 valence electrons. The largest absolute Gasteiger partial charge is 0.478 e. The Balaban J connectivity index is 1.96. The number of carboxylic acid groups (broad SMARTS) is 1. The third kappa shape index (κ3) is 1.04. The molecule has 3 N–H and O–H groups in total. The summed E-state index contributed by atoms with van der Waals surface area (Å²) in [6.07, 6.45) is 0.354. The highest BCUT2D eigenvalue weighted by Gasteiger charge is 2.72. The Morgan fingerprint density at radius 1 is 1.62 bits per heavy atom. The molecule has 6 heteroatoms. The molecule has 2 fully saturated rings. The Morgan fingerprint density at radius 3 is 3.00 bits per heavy atom. The average Bonchev–Trinajstić information content (AvgIpc) is 2.84. The predicted molar refractivity (Wildman–Crippen MR) is 49.1 cm³/mol. The van der Waals surface area contributed by atoms with Crippen molar-refractivity contribution in [3.05, 3.63) is 11.8 Å². The number of fused-ring (bicyclic) bond motifs is 3. The van der Waals surface area contributed by atoms with E-state index in [1.807, 2.05) is 0 Å². The lowest BCUT2D eigenvalue weighted by molar-refractivity contribution is -0.151. The Hall–Kier alpha value is -1.11. The van der Waals surface area contributed by atoms with Crippen molar-refractivity contribution >= 4 is 5.97 Å². The van der Waals surface area contributed by atoms with Gasteiger partial charge in [-0.1, -0.05) is 0 Å². The predicted octanol–water partition coefficient (Wildman–Crippen LogP) is -0.931. The van der Waals surface area contributed by atoms with Gasteiger partial charge in [0.1, 0.15) is 5.60 Å². The molecule has 0 aromatic carbocycles. The minimum Gasteiger partial charge on any atom is -0.478 e. The molecule has 2 aliphatic heterocycles. The van der Waals surface area contributed by atoms with E-state index in [2.05, 4.69) is 0 Å². The van der Waals surface area contributed by atoms with E-state index in [1.54, 1.807) is 0 Å². The Labute approximate surface area is 91.1 Å². The summed E-state index contributed by atoms with van der Waals surface area (Å²) in [5, 5.41) is 28.0. The maximum atomic E-state index is 11.0. The number of ether oxygens (including phenoxy) is 2. The van der Waals surface area contributed by atoms with Crippen LogP contribution in [0.25, 0.3) is 0 Å². The summed E-state index contributed by atoms with van der Waals surface area (Å²) in [7, 11) is 0. The first kappa shape index (κ1) is 10.1. The second-order valence-electron chi connectivity index (χ2n) is 4.49. The van der Waals surface area contributed by atoms with E-state index >= 15 is 0 Å². The molecule has 5 atom stereocenters. The molecule has 6 nitrogen and oxygen atoms in total.